The minimum absolute atomic E-state index is 0.164. The number of methoxy groups -OCH3 is 1. The van der Waals surface area contributed by atoms with Gasteiger partial charge in [-0.2, -0.15) is 0 Å². The second-order valence-corrected chi connectivity index (χ2v) is 8.91. The summed E-state index contributed by atoms with van der Waals surface area (Å²) in [5.41, 5.74) is -0.361. The number of anilines is 1. The minimum atomic E-state index is -1.44. The molecule has 0 radical (unpaired) electrons. The molecule has 2 aromatic rings. The Balaban J connectivity index is 1.68. The van der Waals surface area contributed by atoms with Crippen molar-refractivity contribution in [3.63, 3.8) is 0 Å². The molecule has 0 spiro atoms. The maximum absolute atomic E-state index is 13.9. The van der Waals surface area contributed by atoms with E-state index < -0.39 is 41.3 Å². The first-order chi connectivity index (χ1) is 15.8. The summed E-state index contributed by atoms with van der Waals surface area (Å²) in [4.78, 5) is 43.5. The fourth-order valence-corrected chi connectivity index (χ4v) is 5.62. The number of urea groups is 1. The average Bonchev–Trinajstić information content (AvgIpc) is 3.18. The van der Waals surface area contributed by atoms with Crippen LogP contribution in [0.2, 0.25) is 5.02 Å². The van der Waals surface area contributed by atoms with Gasteiger partial charge in [0.1, 0.15) is 17.0 Å². The Morgan fingerprint density at radius 1 is 1.24 bits per heavy atom. The third-order valence-corrected chi connectivity index (χ3v) is 7.06. The molecule has 172 valence electrons. The number of hydrogen-bond donors (Lipinski definition) is 0. The van der Waals surface area contributed by atoms with Crippen LogP contribution >= 0.6 is 11.6 Å². The monoisotopic (exact) mass is 470 g/mol. The number of carbonyl (C=O) groups is 3. The number of benzene rings is 2. The van der Waals surface area contributed by atoms with E-state index in [2.05, 4.69) is 0 Å². The molecule has 5 rings (SSSR count). The molecule has 0 saturated carbocycles. The van der Waals surface area contributed by atoms with Crippen LogP contribution in [-0.2, 0) is 14.3 Å². The third kappa shape index (κ3) is 2.93. The fraction of sp³-hybridized carbons (Fsp3) is 0.375. The Morgan fingerprint density at radius 3 is 2.73 bits per heavy atom. The maximum Gasteiger partial charge on any atom is 0.332 e. The molecule has 0 aromatic heterocycles. The molecule has 0 bridgehead atoms. The van der Waals surface area contributed by atoms with Crippen LogP contribution in [0.3, 0.4) is 0 Å². The lowest BCUT2D eigenvalue weighted by Gasteiger charge is -2.34. The first-order valence-electron chi connectivity index (χ1n) is 10.7. The van der Waals surface area contributed by atoms with Crippen molar-refractivity contribution < 1.29 is 28.6 Å². The molecule has 4 atom stereocenters. The Bertz CT molecular complexity index is 1170. The van der Waals surface area contributed by atoms with E-state index >= 15 is 0 Å². The lowest BCUT2D eigenvalue weighted by atomic mass is 9.77. The number of fused-ring (bicyclic) bond motifs is 5. The molecule has 3 aliphatic rings. The lowest BCUT2D eigenvalue weighted by molar-refractivity contribution is -0.154. The Hall–Kier alpha value is -3.26. The van der Waals surface area contributed by atoms with E-state index in [1.807, 2.05) is 6.07 Å². The summed E-state index contributed by atoms with van der Waals surface area (Å²) in [5, 5.41) is 0.397. The van der Waals surface area contributed by atoms with Gasteiger partial charge >= 0.3 is 12.0 Å². The summed E-state index contributed by atoms with van der Waals surface area (Å²) in [6.07, 6.45) is 0. The smallest absolute Gasteiger partial charge is 0.332 e. The SMILES string of the molecule is CCOC(=O)C1[C@H]2COc3cc(OC)ccc3[C@@H]2N2C(=O)N(c3cccc(Cl)c3)C(=O)[C@@]12C. The van der Waals surface area contributed by atoms with Crippen LogP contribution in [0.4, 0.5) is 10.5 Å². The molecule has 9 heteroatoms. The Kier molecular flexibility index (Phi) is 5.01. The van der Waals surface area contributed by atoms with Gasteiger partial charge in [0, 0.05) is 22.6 Å². The molecule has 3 heterocycles. The Labute approximate surface area is 195 Å². The average molecular weight is 471 g/mol. The predicted molar refractivity (Wildman–Crippen MR) is 119 cm³/mol. The zero-order chi connectivity index (χ0) is 23.5. The molecule has 8 nitrogen and oxygen atoms in total. The van der Waals surface area contributed by atoms with E-state index in [-0.39, 0.29) is 13.2 Å². The number of nitrogens with zero attached hydrogens (tertiary/aromatic N) is 2. The van der Waals surface area contributed by atoms with Crippen LogP contribution in [0, 0.1) is 11.8 Å². The zero-order valence-corrected chi connectivity index (χ0v) is 19.2. The van der Waals surface area contributed by atoms with Crippen molar-refractivity contribution in [2.75, 3.05) is 25.2 Å². The van der Waals surface area contributed by atoms with E-state index in [9.17, 15) is 14.4 Å². The van der Waals surface area contributed by atoms with Crippen LogP contribution in [0.25, 0.3) is 0 Å². The van der Waals surface area contributed by atoms with Gasteiger partial charge in [0.15, 0.2) is 0 Å². The first kappa shape index (κ1) is 21.6. The van der Waals surface area contributed by atoms with Crippen LogP contribution in [-0.4, -0.2) is 48.7 Å². The van der Waals surface area contributed by atoms with Gasteiger partial charge in [-0.3, -0.25) is 9.59 Å². The van der Waals surface area contributed by atoms with Crippen LogP contribution in [0.5, 0.6) is 11.5 Å². The van der Waals surface area contributed by atoms with E-state index in [1.165, 1.54) is 4.90 Å². The van der Waals surface area contributed by atoms with E-state index in [0.717, 1.165) is 10.5 Å². The van der Waals surface area contributed by atoms with Crippen LogP contribution in [0.1, 0.15) is 25.5 Å². The largest absolute Gasteiger partial charge is 0.497 e. The number of esters is 1. The van der Waals surface area contributed by atoms with Gasteiger partial charge in [-0.25, -0.2) is 9.69 Å². The minimum Gasteiger partial charge on any atom is -0.497 e. The summed E-state index contributed by atoms with van der Waals surface area (Å²) in [6.45, 7) is 3.68. The molecular formula is C24H23ClN2O6. The number of ether oxygens (including phenoxy) is 3. The van der Waals surface area contributed by atoms with Gasteiger partial charge in [-0.1, -0.05) is 17.7 Å². The van der Waals surface area contributed by atoms with Gasteiger partial charge in [0.25, 0.3) is 5.91 Å². The normalized spacial score (nSPS) is 27.6. The molecule has 0 N–H and O–H groups in total. The molecule has 1 unspecified atom stereocenters. The van der Waals surface area contributed by atoms with Crippen molar-refractivity contribution in [3.05, 3.63) is 53.1 Å². The summed E-state index contributed by atoms with van der Waals surface area (Å²) in [5.74, 6) is -1.17. The molecule has 3 amide bonds. The lowest BCUT2D eigenvalue weighted by Crippen LogP contribution is -2.51. The van der Waals surface area contributed by atoms with Crippen molar-refractivity contribution in [1.82, 2.24) is 4.90 Å². The number of halogens is 1. The van der Waals surface area contributed by atoms with E-state index in [1.54, 1.807) is 57.4 Å². The van der Waals surface area contributed by atoms with Crippen LogP contribution < -0.4 is 14.4 Å². The van der Waals surface area contributed by atoms with Crippen molar-refractivity contribution >= 4 is 35.2 Å². The quantitative estimate of drug-likeness (QED) is 0.499. The number of hydrogen-bond acceptors (Lipinski definition) is 6. The summed E-state index contributed by atoms with van der Waals surface area (Å²) in [7, 11) is 1.56. The highest BCUT2D eigenvalue weighted by Gasteiger charge is 2.72. The van der Waals surface area contributed by atoms with Gasteiger partial charge < -0.3 is 19.1 Å². The highest BCUT2D eigenvalue weighted by Crippen LogP contribution is 2.58. The van der Waals surface area contributed by atoms with Crippen molar-refractivity contribution in [2.45, 2.75) is 25.4 Å². The molecule has 3 aliphatic heterocycles. The second-order valence-electron chi connectivity index (χ2n) is 8.47. The number of amides is 3. The van der Waals surface area contributed by atoms with Gasteiger partial charge in [-0.15, -0.1) is 0 Å². The molecule has 0 aliphatic carbocycles. The van der Waals surface area contributed by atoms with Crippen molar-refractivity contribution in [1.29, 1.82) is 0 Å². The highest BCUT2D eigenvalue weighted by molar-refractivity contribution is 6.31. The van der Waals surface area contributed by atoms with Crippen LogP contribution in [0.15, 0.2) is 42.5 Å². The zero-order valence-electron chi connectivity index (χ0n) is 18.4. The summed E-state index contributed by atoms with van der Waals surface area (Å²) in [6, 6.07) is 10.8. The second kappa shape index (κ2) is 7.66. The number of rotatable bonds is 4. The molecule has 2 saturated heterocycles. The topological polar surface area (TPSA) is 85.4 Å². The van der Waals surface area contributed by atoms with Gasteiger partial charge in [0.05, 0.1) is 38.0 Å². The van der Waals surface area contributed by atoms with Crippen molar-refractivity contribution in [2.24, 2.45) is 11.8 Å². The third-order valence-electron chi connectivity index (χ3n) is 6.83. The maximum atomic E-state index is 13.9. The molecule has 2 fully saturated rings. The summed E-state index contributed by atoms with van der Waals surface area (Å²) >= 11 is 6.14. The standard InChI is InChI=1S/C24H23ClN2O6/c1-4-32-21(28)19-17-12-33-18-11-15(31-3)8-9-16(18)20(17)27-23(30)26(22(29)24(19,27)2)14-7-5-6-13(25)10-14/h5-11,17,19-20H,4,12H2,1-3H3/t17-,19?,20+,24-/m1/s1. The fourth-order valence-electron chi connectivity index (χ4n) is 5.44. The highest BCUT2D eigenvalue weighted by atomic mass is 35.5. The van der Waals surface area contributed by atoms with Crippen molar-refractivity contribution in [3.8, 4) is 11.5 Å². The summed E-state index contributed by atoms with van der Waals surface area (Å²) < 4.78 is 16.7. The number of carbonyl (C=O) groups excluding carboxylic acids is 3. The predicted octanol–water partition coefficient (Wildman–Crippen LogP) is 3.82. The van der Waals surface area contributed by atoms with Gasteiger partial charge in [0.2, 0.25) is 0 Å². The molecule has 2 aromatic carbocycles. The van der Waals surface area contributed by atoms with Gasteiger partial charge in [-0.05, 0) is 44.2 Å². The first-order valence-corrected chi connectivity index (χ1v) is 11.1. The van der Waals surface area contributed by atoms with E-state index in [4.69, 9.17) is 25.8 Å². The Morgan fingerprint density at radius 2 is 2.03 bits per heavy atom. The number of imide groups is 1. The molecule has 33 heavy (non-hydrogen) atoms. The van der Waals surface area contributed by atoms with E-state index in [0.29, 0.717) is 22.2 Å². The molecular weight excluding hydrogens is 448 g/mol.